The number of hydrogen-bond donors (Lipinski definition) is 1. The summed E-state index contributed by atoms with van der Waals surface area (Å²) in [4.78, 5) is 11.8. The molecule has 2 nitrogen and oxygen atoms in total. The fourth-order valence-corrected chi connectivity index (χ4v) is 5.76. The Bertz CT molecular complexity index is 523. The van der Waals surface area contributed by atoms with Gasteiger partial charge in [-0.15, -0.1) is 0 Å². The molecule has 0 atom stereocenters. The minimum absolute atomic E-state index is 0.201. The lowest BCUT2D eigenvalue weighted by Crippen LogP contribution is -2.46. The van der Waals surface area contributed by atoms with Crippen molar-refractivity contribution < 1.29 is 9.18 Å². The highest BCUT2D eigenvalue weighted by molar-refractivity contribution is 14.1. The van der Waals surface area contributed by atoms with Crippen LogP contribution in [0.3, 0.4) is 0 Å². The minimum Gasteiger partial charge on any atom is -0.366 e. The van der Waals surface area contributed by atoms with Crippen molar-refractivity contribution >= 4 is 41.8 Å². The van der Waals surface area contributed by atoms with Gasteiger partial charge in [0.15, 0.2) is 0 Å². The van der Waals surface area contributed by atoms with Gasteiger partial charge in [0, 0.05) is 3.57 Å². The molecule has 19 heavy (non-hydrogen) atoms. The maximum Gasteiger partial charge on any atom is 0.249 e. The predicted molar refractivity (Wildman–Crippen MR) is 89.4 cm³/mol. The van der Waals surface area contributed by atoms with Crippen LogP contribution in [0.2, 0.25) is 19.6 Å². The Morgan fingerprint density at radius 1 is 1.21 bits per heavy atom. The number of halogens is 2. The van der Waals surface area contributed by atoms with Crippen LogP contribution in [-0.2, 0) is 12.8 Å². The first-order valence-corrected chi connectivity index (χ1v) is 11.1. The van der Waals surface area contributed by atoms with Crippen molar-refractivity contribution in [2.45, 2.75) is 46.3 Å². The molecular weight excluding hydrogens is 372 g/mol. The molecule has 1 aromatic carbocycles. The van der Waals surface area contributed by atoms with E-state index in [4.69, 9.17) is 5.73 Å². The summed E-state index contributed by atoms with van der Waals surface area (Å²) < 4.78 is 15.7. The van der Waals surface area contributed by atoms with Crippen LogP contribution in [0, 0.1) is 9.39 Å². The lowest BCUT2D eigenvalue weighted by atomic mass is 9.98. The van der Waals surface area contributed by atoms with Crippen molar-refractivity contribution in [2.24, 2.45) is 5.73 Å². The Morgan fingerprint density at radius 3 is 2.00 bits per heavy atom. The lowest BCUT2D eigenvalue weighted by Gasteiger charge is -2.25. The standard InChI is InChI=1S/C14H21FINOSi/c1-6-8-9(7-2)12(16)10(14(17)18)13(11(8)15)19(3,4)5/h6-7H2,1-5H3,(H2,17,18). The number of amides is 1. The second-order valence-corrected chi connectivity index (χ2v) is 11.7. The van der Waals surface area contributed by atoms with Gasteiger partial charge in [-0.25, -0.2) is 4.39 Å². The largest absolute Gasteiger partial charge is 0.366 e. The molecule has 0 fully saturated rings. The minimum atomic E-state index is -1.98. The number of rotatable bonds is 4. The van der Waals surface area contributed by atoms with Gasteiger partial charge in [0.1, 0.15) is 5.82 Å². The molecule has 0 saturated carbocycles. The Morgan fingerprint density at radius 2 is 1.68 bits per heavy atom. The van der Waals surface area contributed by atoms with E-state index in [2.05, 4.69) is 22.6 Å². The molecule has 106 valence electrons. The van der Waals surface area contributed by atoms with Gasteiger partial charge in [-0.2, -0.15) is 0 Å². The summed E-state index contributed by atoms with van der Waals surface area (Å²) in [6.07, 6.45) is 1.35. The first kappa shape index (κ1) is 16.6. The summed E-state index contributed by atoms with van der Waals surface area (Å²) in [5.41, 5.74) is 7.59. The van der Waals surface area contributed by atoms with Gasteiger partial charge in [-0.1, -0.05) is 33.5 Å². The highest BCUT2D eigenvalue weighted by Gasteiger charge is 2.31. The molecule has 0 radical (unpaired) electrons. The molecule has 0 aliphatic rings. The zero-order valence-corrected chi connectivity index (χ0v) is 15.3. The van der Waals surface area contributed by atoms with Gasteiger partial charge in [-0.3, -0.25) is 4.79 Å². The van der Waals surface area contributed by atoms with E-state index in [9.17, 15) is 9.18 Å². The van der Waals surface area contributed by atoms with Crippen molar-refractivity contribution in [3.05, 3.63) is 26.1 Å². The van der Waals surface area contributed by atoms with E-state index < -0.39 is 14.0 Å². The molecule has 0 bridgehead atoms. The zero-order valence-electron chi connectivity index (χ0n) is 12.2. The van der Waals surface area contributed by atoms with Gasteiger partial charge in [-0.05, 0) is 51.7 Å². The third kappa shape index (κ3) is 3.02. The molecule has 0 aliphatic heterocycles. The monoisotopic (exact) mass is 393 g/mol. The topological polar surface area (TPSA) is 43.1 Å². The van der Waals surface area contributed by atoms with Crippen LogP contribution in [-0.4, -0.2) is 14.0 Å². The molecule has 0 aromatic heterocycles. The fraction of sp³-hybridized carbons (Fsp3) is 0.500. The van der Waals surface area contributed by atoms with Gasteiger partial charge in [0.2, 0.25) is 5.91 Å². The average molecular weight is 393 g/mol. The van der Waals surface area contributed by atoms with Gasteiger partial charge >= 0.3 is 0 Å². The molecule has 0 saturated heterocycles. The van der Waals surface area contributed by atoms with E-state index in [0.29, 0.717) is 23.6 Å². The number of primary amides is 1. The SMILES string of the molecule is CCc1c(F)c([Si](C)(C)C)c(C(N)=O)c(I)c1CC. The van der Waals surface area contributed by atoms with Crippen molar-refractivity contribution in [2.75, 3.05) is 0 Å². The van der Waals surface area contributed by atoms with Crippen LogP contribution in [0.5, 0.6) is 0 Å². The maximum atomic E-state index is 14.8. The fourth-order valence-electron chi connectivity index (χ4n) is 2.46. The smallest absolute Gasteiger partial charge is 0.249 e. The molecule has 5 heteroatoms. The molecule has 0 spiro atoms. The number of hydrogen-bond acceptors (Lipinski definition) is 1. The zero-order chi connectivity index (χ0) is 15.0. The molecule has 0 aliphatic carbocycles. The summed E-state index contributed by atoms with van der Waals surface area (Å²) >= 11 is 2.14. The van der Waals surface area contributed by atoms with Crippen molar-refractivity contribution in [3.63, 3.8) is 0 Å². The Labute approximate surface area is 129 Å². The summed E-state index contributed by atoms with van der Waals surface area (Å²) in [6.45, 7) is 10.1. The highest BCUT2D eigenvalue weighted by Crippen LogP contribution is 2.26. The number of carbonyl (C=O) groups excluding carboxylic acids is 1. The van der Waals surface area contributed by atoms with E-state index in [-0.39, 0.29) is 5.82 Å². The Kier molecular flexibility index (Phi) is 5.17. The van der Waals surface area contributed by atoms with E-state index in [1.54, 1.807) is 0 Å². The van der Waals surface area contributed by atoms with E-state index in [1.165, 1.54) is 0 Å². The molecule has 1 amide bonds. The summed E-state index contributed by atoms with van der Waals surface area (Å²) in [6, 6.07) is 0. The second-order valence-electron chi connectivity index (χ2n) is 5.66. The summed E-state index contributed by atoms with van der Waals surface area (Å²) in [5, 5.41) is 0.582. The van der Waals surface area contributed by atoms with Crippen LogP contribution in [0.15, 0.2) is 0 Å². The van der Waals surface area contributed by atoms with Crippen molar-refractivity contribution in [1.29, 1.82) is 0 Å². The number of nitrogens with two attached hydrogens (primary N) is 1. The van der Waals surface area contributed by atoms with Crippen LogP contribution in [0.25, 0.3) is 0 Å². The molecule has 0 unspecified atom stereocenters. The van der Waals surface area contributed by atoms with Crippen LogP contribution in [0.1, 0.15) is 35.3 Å². The first-order valence-electron chi connectivity index (χ1n) is 6.49. The Hall–Kier alpha value is -0.433. The first-order chi connectivity index (χ1) is 8.66. The van der Waals surface area contributed by atoms with Crippen molar-refractivity contribution in [1.82, 2.24) is 0 Å². The molecule has 1 aromatic rings. The van der Waals surface area contributed by atoms with E-state index in [1.807, 2.05) is 33.5 Å². The lowest BCUT2D eigenvalue weighted by molar-refractivity contribution is 0.1000. The van der Waals surface area contributed by atoms with Gasteiger partial charge < -0.3 is 5.73 Å². The molecule has 1 rings (SSSR count). The van der Waals surface area contributed by atoms with E-state index in [0.717, 1.165) is 14.7 Å². The quantitative estimate of drug-likeness (QED) is 0.620. The number of carbonyl (C=O) groups is 1. The van der Waals surface area contributed by atoms with Gasteiger partial charge in [0.25, 0.3) is 0 Å². The third-order valence-corrected chi connectivity index (χ3v) is 6.45. The summed E-state index contributed by atoms with van der Waals surface area (Å²) in [7, 11) is -1.98. The van der Waals surface area contributed by atoms with Gasteiger partial charge in [0.05, 0.1) is 13.6 Å². The predicted octanol–water partition coefficient (Wildman–Crippen LogP) is 3.20. The van der Waals surface area contributed by atoms with Crippen molar-refractivity contribution in [3.8, 4) is 0 Å². The number of benzene rings is 1. The van der Waals surface area contributed by atoms with Crippen LogP contribution < -0.4 is 10.9 Å². The summed E-state index contributed by atoms with van der Waals surface area (Å²) in [5.74, 6) is -0.717. The normalized spacial score (nSPS) is 11.7. The highest BCUT2D eigenvalue weighted by atomic mass is 127. The third-order valence-electron chi connectivity index (χ3n) is 3.29. The Balaban J connectivity index is 3.90. The molecule has 2 N–H and O–H groups in total. The maximum absolute atomic E-state index is 14.8. The van der Waals surface area contributed by atoms with Crippen LogP contribution >= 0.6 is 22.6 Å². The molecular formula is C14H21FINOSi. The average Bonchev–Trinajstić information content (AvgIpc) is 2.28. The second kappa shape index (κ2) is 5.91. The molecule has 0 heterocycles. The van der Waals surface area contributed by atoms with E-state index >= 15 is 0 Å². The van der Waals surface area contributed by atoms with Crippen LogP contribution in [0.4, 0.5) is 4.39 Å².